The lowest BCUT2D eigenvalue weighted by atomic mass is 10.00. The zero-order valence-corrected chi connectivity index (χ0v) is 17.2. The molecule has 0 spiro atoms. The molecule has 2 aromatic carbocycles. The summed E-state index contributed by atoms with van der Waals surface area (Å²) >= 11 is 0. The van der Waals surface area contributed by atoms with Crippen LogP contribution in [0.3, 0.4) is 0 Å². The average molecular weight is 415 g/mol. The Bertz CT molecular complexity index is 967. The maximum Gasteiger partial charge on any atom is 0.260 e. The predicted octanol–water partition coefficient (Wildman–Crippen LogP) is 2.87. The van der Waals surface area contributed by atoms with Crippen LogP contribution in [0.15, 0.2) is 53.4 Å². The van der Waals surface area contributed by atoms with Crippen molar-refractivity contribution >= 4 is 15.9 Å². The number of carbonyl (C=O) groups is 1. The molecule has 1 amide bonds. The van der Waals surface area contributed by atoms with Crippen LogP contribution in [-0.4, -0.2) is 38.4 Å². The Morgan fingerprint density at radius 1 is 1.03 bits per heavy atom. The van der Waals surface area contributed by atoms with Crippen LogP contribution < -0.4 is 9.46 Å². The summed E-state index contributed by atoms with van der Waals surface area (Å²) in [5.74, 6) is 0.412. The van der Waals surface area contributed by atoms with E-state index in [0.717, 1.165) is 32.1 Å². The molecule has 29 heavy (non-hydrogen) atoms. The summed E-state index contributed by atoms with van der Waals surface area (Å²) in [4.78, 5) is 14.5. The minimum atomic E-state index is -3.52. The molecule has 1 aliphatic heterocycles. The first-order valence-electron chi connectivity index (χ1n) is 10.1. The van der Waals surface area contributed by atoms with Crippen LogP contribution in [0.4, 0.5) is 0 Å². The molecule has 2 aliphatic rings. The Hall–Kier alpha value is -2.38. The highest BCUT2D eigenvalue weighted by molar-refractivity contribution is 7.89. The second kappa shape index (κ2) is 8.55. The van der Waals surface area contributed by atoms with Crippen molar-refractivity contribution in [2.24, 2.45) is 0 Å². The fourth-order valence-corrected chi connectivity index (χ4v) is 5.30. The zero-order chi connectivity index (χ0) is 20.3. The standard InChI is InChI=1S/C22H26N2O4S/c25-22(24-14-13-17-5-1-2-6-18(17)15-24)16-28-20-9-11-21(12-10-20)29(26,27)23-19-7-3-4-8-19/h1-2,5-6,9-12,19,23H,3-4,7-8,13-16H2. The van der Waals surface area contributed by atoms with Gasteiger partial charge in [-0.1, -0.05) is 37.1 Å². The predicted molar refractivity (Wildman–Crippen MR) is 110 cm³/mol. The van der Waals surface area contributed by atoms with E-state index in [1.165, 1.54) is 23.3 Å². The molecule has 1 N–H and O–H groups in total. The third-order valence-electron chi connectivity index (χ3n) is 5.66. The SMILES string of the molecule is O=C(COc1ccc(S(=O)(=O)NC2CCCC2)cc1)N1CCc2ccccc2C1. The quantitative estimate of drug-likeness (QED) is 0.789. The number of sulfonamides is 1. The molecule has 0 unspecified atom stereocenters. The van der Waals surface area contributed by atoms with Crippen molar-refractivity contribution in [2.45, 2.75) is 49.6 Å². The third kappa shape index (κ3) is 4.79. The summed E-state index contributed by atoms with van der Waals surface area (Å²) in [5, 5.41) is 0. The van der Waals surface area contributed by atoms with Gasteiger partial charge in [0.05, 0.1) is 4.90 Å². The van der Waals surface area contributed by atoms with E-state index in [9.17, 15) is 13.2 Å². The lowest BCUT2D eigenvalue weighted by Crippen LogP contribution is -2.38. The van der Waals surface area contributed by atoms with Gasteiger partial charge in [-0.2, -0.15) is 0 Å². The highest BCUT2D eigenvalue weighted by atomic mass is 32.2. The van der Waals surface area contributed by atoms with Crippen LogP contribution in [0.1, 0.15) is 36.8 Å². The van der Waals surface area contributed by atoms with Gasteiger partial charge in [0.25, 0.3) is 5.91 Å². The van der Waals surface area contributed by atoms with E-state index in [0.29, 0.717) is 18.8 Å². The highest BCUT2D eigenvalue weighted by Gasteiger charge is 2.23. The van der Waals surface area contributed by atoms with Gasteiger partial charge in [-0.25, -0.2) is 13.1 Å². The Morgan fingerprint density at radius 3 is 2.45 bits per heavy atom. The number of fused-ring (bicyclic) bond motifs is 1. The minimum absolute atomic E-state index is 0.0308. The number of benzene rings is 2. The molecule has 1 saturated carbocycles. The van der Waals surface area contributed by atoms with E-state index in [-0.39, 0.29) is 23.5 Å². The summed E-state index contributed by atoms with van der Waals surface area (Å²) in [5.41, 5.74) is 2.47. The number of rotatable bonds is 6. The van der Waals surface area contributed by atoms with Crippen LogP contribution in [-0.2, 0) is 27.8 Å². The number of carbonyl (C=O) groups excluding carboxylic acids is 1. The van der Waals surface area contributed by atoms with Gasteiger partial charge in [0, 0.05) is 19.1 Å². The van der Waals surface area contributed by atoms with Gasteiger partial charge in [-0.15, -0.1) is 0 Å². The lowest BCUT2D eigenvalue weighted by Gasteiger charge is -2.28. The summed E-state index contributed by atoms with van der Waals surface area (Å²) in [6.45, 7) is 1.22. The van der Waals surface area contributed by atoms with Crippen LogP contribution in [0.2, 0.25) is 0 Å². The van der Waals surface area contributed by atoms with Crippen LogP contribution >= 0.6 is 0 Å². The second-order valence-corrected chi connectivity index (χ2v) is 9.41. The third-order valence-corrected chi connectivity index (χ3v) is 7.19. The summed E-state index contributed by atoms with van der Waals surface area (Å²) < 4.78 is 33.3. The van der Waals surface area contributed by atoms with Gasteiger partial charge >= 0.3 is 0 Å². The molecule has 6 nitrogen and oxygen atoms in total. The fraction of sp³-hybridized carbons (Fsp3) is 0.409. The molecule has 0 saturated heterocycles. The smallest absolute Gasteiger partial charge is 0.260 e. The van der Waals surface area contributed by atoms with E-state index in [1.807, 2.05) is 12.1 Å². The van der Waals surface area contributed by atoms with Crippen LogP contribution in [0.25, 0.3) is 0 Å². The van der Waals surface area contributed by atoms with E-state index < -0.39 is 10.0 Å². The molecule has 1 heterocycles. The van der Waals surface area contributed by atoms with Crippen molar-refractivity contribution in [2.75, 3.05) is 13.2 Å². The van der Waals surface area contributed by atoms with Crippen molar-refractivity contribution in [1.29, 1.82) is 0 Å². The summed E-state index contributed by atoms with van der Waals surface area (Å²) in [7, 11) is -3.52. The first-order valence-corrected chi connectivity index (χ1v) is 11.6. The second-order valence-electron chi connectivity index (χ2n) is 7.70. The summed E-state index contributed by atoms with van der Waals surface area (Å²) in [6, 6.07) is 14.4. The Labute approximate surface area is 171 Å². The Balaban J connectivity index is 1.32. The van der Waals surface area contributed by atoms with Crippen molar-refractivity contribution in [3.8, 4) is 5.75 Å². The number of ether oxygens (including phenoxy) is 1. The highest BCUT2D eigenvalue weighted by Crippen LogP contribution is 2.22. The molecule has 4 rings (SSSR count). The van der Waals surface area contributed by atoms with Gasteiger partial charge in [-0.3, -0.25) is 4.79 Å². The molecule has 0 aromatic heterocycles. The van der Waals surface area contributed by atoms with Crippen molar-refractivity contribution < 1.29 is 17.9 Å². The Kier molecular flexibility index (Phi) is 5.87. The van der Waals surface area contributed by atoms with Crippen LogP contribution in [0.5, 0.6) is 5.75 Å². The van der Waals surface area contributed by atoms with Crippen molar-refractivity contribution in [1.82, 2.24) is 9.62 Å². The number of nitrogens with zero attached hydrogens (tertiary/aromatic N) is 1. The van der Waals surface area contributed by atoms with Gasteiger partial charge < -0.3 is 9.64 Å². The number of hydrogen-bond acceptors (Lipinski definition) is 4. The van der Waals surface area contributed by atoms with E-state index >= 15 is 0 Å². The summed E-state index contributed by atoms with van der Waals surface area (Å²) in [6.07, 6.45) is 4.77. The molecule has 7 heteroatoms. The number of hydrogen-bond donors (Lipinski definition) is 1. The average Bonchev–Trinajstić information content (AvgIpc) is 3.24. The number of nitrogens with one attached hydrogen (secondary N) is 1. The van der Waals surface area contributed by atoms with Gasteiger partial charge in [0.1, 0.15) is 5.75 Å². The van der Waals surface area contributed by atoms with Gasteiger partial charge in [-0.05, 0) is 54.7 Å². The maximum atomic E-state index is 12.5. The molecule has 1 fully saturated rings. The topological polar surface area (TPSA) is 75.7 Å². The fourth-order valence-electron chi connectivity index (χ4n) is 3.99. The molecular formula is C22H26N2O4S. The first kappa shape index (κ1) is 19.9. The Morgan fingerprint density at radius 2 is 1.72 bits per heavy atom. The molecule has 154 valence electrons. The van der Waals surface area contributed by atoms with E-state index in [2.05, 4.69) is 16.9 Å². The van der Waals surface area contributed by atoms with Crippen molar-refractivity contribution in [3.63, 3.8) is 0 Å². The normalized spacial score (nSPS) is 17.2. The lowest BCUT2D eigenvalue weighted by molar-refractivity contribution is -0.134. The molecule has 0 atom stereocenters. The van der Waals surface area contributed by atoms with Crippen molar-refractivity contribution in [3.05, 3.63) is 59.7 Å². The first-order chi connectivity index (χ1) is 14.0. The van der Waals surface area contributed by atoms with Gasteiger partial charge in [0.15, 0.2) is 6.61 Å². The zero-order valence-electron chi connectivity index (χ0n) is 16.3. The molecule has 2 aromatic rings. The molecular weight excluding hydrogens is 388 g/mol. The van der Waals surface area contributed by atoms with Crippen LogP contribution in [0, 0.1) is 0 Å². The number of amides is 1. The molecule has 0 radical (unpaired) electrons. The minimum Gasteiger partial charge on any atom is -0.484 e. The molecule has 0 bridgehead atoms. The van der Waals surface area contributed by atoms with E-state index in [1.54, 1.807) is 17.0 Å². The monoisotopic (exact) mass is 414 g/mol. The largest absolute Gasteiger partial charge is 0.484 e. The maximum absolute atomic E-state index is 12.5. The molecule has 1 aliphatic carbocycles. The van der Waals surface area contributed by atoms with Gasteiger partial charge in [0.2, 0.25) is 10.0 Å². The van der Waals surface area contributed by atoms with E-state index in [4.69, 9.17) is 4.74 Å².